The first-order valence-corrected chi connectivity index (χ1v) is 11.3. The average Bonchev–Trinajstić information content (AvgIpc) is 3.21. The minimum Gasteiger partial charge on any atom is -0.318 e. The van der Waals surface area contributed by atoms with Crippen molar-refractivity contribution in [2.75, 3.05) is 4.90 Å². The Balaban J connectivity index is 1.69. The highest BCUT2D eigenvalue weighted by Crippen LogP contribution is 2.39. The summed E-state index contributed by atoms with van der Waals surface area (Å²) in [5, 5.41) is 0. The lowest BCUT2D eigenvalue weighted by Gasteiger charge is -2.16. The molecule has 1 aliphatic heterocycles. The van der Waals surface area contributed by atoms with Gasteiger partial charge in [-0.1, -0.05) is 36.1 Å². The molecule has 1 aromatic heterocycles. The van der Waals surface area contributed by atoms with Crippen molar-refractivity contribution in [3.63, 3.8) is 0 Å². The van der Waals surface area contributed by atoms with Crippen LogP contribution in [0.15, 0.2) is 59.5 Å². The van der Waals surface area contributed by atoms with E-state index in [1.54, 1.807) is 36.6 Å². The number of alkyl halides is 6. The highest BCUT2D eigenvalue weighted by molar-refractivity contribution is 8.27. The standard InChI is InChI=1S/C24H16F6N2OS2/c1-13-9-15(14(2)31(13)18-7-3-5-16(11-18)23(25,26)27)10-20-21(33)32(22(34)35-20)19-8-4-6-17(12-19)24(28,29)30/h3-12H,1-2H3. The zero-order valence-electron chi connectivity index (χ0n) is 18.2. The van der Waals surface area contributed by atoms with E-state index in [-0.39, 0.29) is 14.9 Å². The van der Waals surface area contributed by atoms with Crippen LogP contribution in [0.2, 0.25) is 0 Å². The van der Waals surface area contributed by atoms with E-state index in [2.05, 4.69) is 0 Å². The van der Waals surface area contributed by atoms with Crippen LogP contribution in [0.25, 0.3) is 11.8 Å². The van der Waals surface area contributed by atoms with Crippen molar-refractivity contribution in [3.8, 4) is 5.69 Å². The number of thiocarbonyl (C=S) groups is 1. The summed E-state index contributed by atoms with van der Waals surface area (Å²) in [7, 11) is 0. The highest BCUT2D eigenvalue weighted by atomic mass is 32.2. The lowest BCUT2D eigenvalue weighted by molar-refractivity contribution is -0.138. The Bertz CT molecular complexity index is 1370. The maximum absolute atomic E-state index is 13.2. The first-order chi connectivity index (χ1) is 16.3. The van der Waals surface area contributed by atoms with E-state index in [1.807, 2.05) is 0 Å². The van der Waals surface area contributed by atoms with Crippen LogP contribution < -0.4 is 4.90 Å². The largest absolute Gasteiger partial charge is 0.416 e. The molecule has 0 radical (unpaired) electrons. The minimum absolute atomic E-state index is 0.000151. The van der Waals surface area contributed by atoms with E-state index in [1.165, 1.54) is 18.2 Å². The maximum atomic E-state index is 13.2. The fourth-order valence-corrected chi connectivity index (χ4v) is 5.10. The average molecular weight is 527 g/mol. The zero-order valence-corrected chi connectivity index (χ0v) is 19.8. The molecule has 0 bridgehead atoms. The van der Waals surface area contributed by atoms with Crippen LogP contribution >= 0.6 is 24.0 Å². The van der Waals surface area contributed by atoms with E-state index in [0.29, 0.717) is 22.6 Å². The van der Waals surface area contributed by atoms with Gasteiger partial charge in [-0.2, -0.15) is 26.3 Å². The molecule has 35 heavy (non-hydrogen) atoms. The van der Waals surface area contributed by atoms with Crippen LogP contribution in [0.4, 0.5) is 32.0 Å². The Morgan fingerprint density at radius 1 is 0.857 bits per heavy atom. The molecule has 2 aromatic carbocycles. The van der Waals surface area contributed by atoms with Crippen LogP contribution in [0, 0.1) is 13.8 Å². The molecule has 1 aliphatic rings. The quantitative estimate of drug-likeness (QED) is 0.200. The number of benzene rings is 2. The number of rotatable bonds is 3. The summed E-state index contributed by atoms with van der Waals surface area (Å²) >= 11 is 6.19. The molecule has 2 heterocycles. The number of carbonyl (C=O) groups excluding carboxylic acids is 1. The summed E-state index contributed by atoms with van der Waals surface area (Å²) in [4.78, 5) is 14.3. The molecule has 0 unspecified atom stereocenters. The van der Waals surface area contributed by atoms with Gasteiger partial charge in [-0.05, 0) is 68.0 Å². The van der Waals surface area contributed by atoms with E-state index in [4.69, 9.17) is 12.2 Å². The van der Waals surface area contributed by atoms with Crippen LogP contribution in [0.1, 0.15) is 28.1 Å². The van der Waals surface area contributed by atoms with Crippen molar-refractivity contribution < 1.29 is 31.1 Å². The molecule has 0 aliphatic carbocycles. The fraction of sp³-hybridized carbons (Fsp3) is 0.167. The third-order valence-electron chi connectivity index (χ3n) is 5.41. The number of hydrogen-bond donors (Lipinski definition) is 0. The number of halogens is 6. The lowest BCUT2D eigenvalue weighted by Crippen LogP contribution is -2.27. The second-order valence-corrected chi connectivity index (χ2v) is 9.45. The monoisotopic (exact) mass is 526 g/mol. The number of aryl methyl sites for hydroxylation is 1. The molecular weight excluding hydrogens is 510 g/mol. The molecule has 0 N–H and O–H groups in total. The number of carbonyl (C=O) groups is 1. The smallest absolute Gasteiger partial charge is 0.318 e. The van der Waals surface area contributed by atoms with Gasteiger partial charge in [0.15, 0.2) is 4.32 Å². The molecule has 1 fully saturated rings. The minimum atomic E-state index is -4.58. The van der Waals surface area contributed by atoms with Crippen molar-refractivity contribution in [1.29, 1.82) is 0 Å². The second-order valence-electron chi connectivity index (χ2n) is 7.78. The van der Waals surface area contributed by atoms with Gasteiger partial charge in [-0.3, -0.25) is 9.69 Å². The Morgan fingerprint density at radius 3 is 1.97 bits per heavy atom. The number of amides is 1. The first kappa shape index (κ1) is 25.1. The van der Waals surface area contributed by atoms with E-state index >= 15 is 0 Å². The molecule has 182 valence electrons. The van der Waals surface area contributed by atoms with Gasteiger partial charge in [0.1, 0.15) is 0 Å². The molecule has 1 amide bonds. The second kappa shape index (κ2) is 8.87. The third-order valence-corrected chi connectivity index (χ3v) is 6.72. The summed E-state index contributed by atoms with van der Waals surface area (Å²) in [5.74, 6) is -0.580. The van der Waals surface area contributed by atoms with Crippen molar-refractivity contribution in [3.05, 3.63) is 87.6 Å². The van der Waals surface area contributed by atoms with Crippen LogP contribution in [0.5, 0.6) is 0 Å². The SMILES string of the molecule is Cc1cc(C=C2SC(=S)N(c3cccc(C(F)(F)F)c3)C2=O)c(C)n1-c1cccc(C(F)(F)F)c1. The van der Waals surface area contributed by atoms with Crippen LogP contribution in [0.3, 0.4) is 0 Å². The Kier molecular flexibility index (Phi) is 6.35. The summed E-state index contributed by atoms with van der Waals surface area (Å²) in [6.45, 7) is 3.42. The molecule has 3 aromatic rings. The van der Waals surface area contributed by atoms with Gasteiger partial charge >= 0.3 is 12.4 Å². The van der Waals surface area contributed by atoms with E-state index < -0.39 is 29.4 Å². The van der Waals surface area contributed by atoms with Gasteiger partial charge in [0.2, 0.25) is 0 Å². The molecule has 4 rings (SSSR count). The zero-order chi connectivity index (χ0) is 25.7. The Labute approximate surface area is 206 Å². The van der Waals surface area contributed by atoms with Gasteiger partial charge in [-0.15, -0.1) is 0 Å². The van der Waals surface area contributed by atoms with Gasteiger partial charge in [0, 0.05) is 17.1 Å². The maximum Gasteiger partial charge on any atom is 0.416 e. The molecule has 11 heteroatoms. The number of anilines is 1. The van der Waals surface area contributed by atoms with E-state index in [9.17, 15) is 31.1 Å². The fourth-order valence-electron chi connectivity index (χ4n) is 3.81. The van der Waals surface area contributed by atoms with Gasteiger partial charge < -0.3 is 4.57 Å². The van der Waals surface area contributed by atoms with Crippen LogP contribution in [-0.2, 0) is 17.1 Å². The summed E-state index contributed by atoms with van der Waals surface area (Å²) < 4.78 is 80.5. The summed E-state index contributed by atoms with van der Waals surface area (Å²) in [5.41, 5.74) is 0.423. The van der Waals surface area contributed by atoms with Crippen molar-refractivity contribution in [2.24, 2.45) is 0 Å². The van der Waals surface area contributed by atoms with Gasteiger partial charge in [0.05, 0.1) is 21.7 Å². The number of aromatic nitrogens is 1. The number of nitrogens with zero attached hydrogens (tertiary/aromatic N) is 2. The predicted octanol–water partition coefficient (Wildman–Crippen LogP) is 7.54. The van der Waals surface area contributed by atoms with Crippen LogP contribution in [-0.4, -0.2) is 14.8 Å². The topological polar surface area (TPSA) is 25.2 Å². The molecule has 1 saturated heterocycles. The molecular formula is C24H16F6N2OS2. The number of hydrogen-bond acceptors (Lipinski definition) is 3. The van der Waals surface area contributed by atoms with Gasteiger partial charge in [0.25, 0.3) is 5.91 Å². The summed E-state index contributed by atoms with van der Waals surface area (Å²) in [6, 6.07) is 10.9. The van der Waals surface area contributed by atoms with Crippen molar-refractivity contribution in [2.45, 2.75) is 26.2 Å². The molecule has 0 saturated carbocycles. The molecule has 3 nitrogen and oxygen atoms in total. The van der Waals surface area contributed by atoms with E-state index in [0.717, 1.165) is 40.9 Å². The van der Waals surface area contributed by atoms with Crippen molar-refractivity contribution >= 4 is 46.0 Å². The lowest BCUT2D eigenvalue weighted by atomic mass is 10.1. The van der Waals surface area contributed by atoms with Gasteiger partial charge in [-0.25, -0.2) is 0 Å². The Morgan fingerprint density at radius 2 is 1.40 bits per heavy atom. The highest BCUT2D eigenvalue weighted by Gasteiger charge is 2.36. The summed E-state index contributed by atoms with van der Waals surface area (Å²) in [6.07, 6.45) is -7.53. The molecule has 0 spiro atoms. The third kappa shape index (κ3) is 4.87. The predicted molar refractivity (Wildman–Crippen MR) is 127 cm³/mol. The Hall–Kier alpha value is -3.05. The normalized spacial score (nSPS) is 16.0. The van der Waals surface area contributed by atoms with Crippen molar-refractivity contribution in [1.82, 2.24) is 4.57 Å². The first-order valence-electron chi connectivity index (χ1n) is 10.1. The number of thioether (sulfide) groups is 1. The molecule has 0 atom stereocenters.